The standard InChI is InChI=1S/C22H34BN3O3/c1-7-9-10-19-14-24-25-26(19)15-17-11-12-20(18(13-17)16-27-8-2)23-28-21(3,4)22(5,6)29-23/h11-14H,7-10,15-16H2,1-6H3. The smallest absolute Gasteiger partial charge is 0.399 e. The second-order valence-corrected chi connectivity index (χ2v) is 8.75. The van der Waals surface area contributed by atoms with Crippen molar-refractivity contribution in [2.45, 2.75) is 85.2 Å². The van der Waals surface area contributed by atoms with E-state index in [0.29, 0.717) is 19.8 Å². The van der Waals surface area contributed by atoms with Crippen LogP contribution in [0.3, 0.4) is 0 Å². The van der Waals surface area contributed by atoms with Crippen molar-refractivity contribution >= 4 is 12.6 Å². The first kappa shape index (κ1) is 22.0. The van der Waals surface area contributed by atoms with E-state index < -0.39 is 7.12 Å². The summed E-state index contributed by atoms with van der Waals surface area (Å²) in [6, 6.07) is 6.41. The third kappa shape index (κ3) is 4.90. The number of hydrogen-bond acceptors (Lipinski definition) is 5. The number of rotatable bonds is 9. The van der Waals surface area contributed by atoms with Crippen molar-refractivity contribution in [2.75, 3.05) is 6.61 Å². The van der Waals surface area contributed by atoms with E-state index in [1.807, 2.05) is 17.8 Å². The summed E-state index contributed by atoms with van der Waals surface area (Å²) in [5, 5.41) is 8.38. The van der Waals surface area contributed by atoms with Crippen molar-refractivity contribution in [3.8, 4) is 0 Å². The molecule has 2 heterocycles. The predicted octanol–water partition coefficient (Wildman–Crippen LogP) is 3.50. The molecular weight excluding hydrogens is 365 g/mol. The van der Waals surface area contributed by atoms with Crippen LogP contribution in [0.25, 0.3) is 0 Å². The van der Waals surface area contributed by atoms with E-state index in [0.717, 1.165) is 30.3 Å². The van der Waals surface area contributed by atoms with E-state index in [1.54, 1.807) is 0 Å². The van der Waals surface area contributed by atoms with E-state index in [9.17, 15) is 0 Å². The van der Waals surface area contributed by atoms with Crippen LogP contribution < -0.4 is 5.46 Å². The van der Waals surface area contributed by atoms with Gasteiger partial charge in [-0.15, -0.1) is 5.10 Å². The SMILES string of the molecule is CCCCc1cnnn1Cc1ccc(B2OC(C)(C)C(C)(C)O2)c(COCC)c1. The summed E-state index contributed by atoms with van der Waals surface area (Å²) in [6.07, 6.45) is 5.17. The lowest BCUT2D eigenvalue weighted by molar-refractivity contribution is 0.00578. The number of nitrogens with zero attached hydrogens (tertiary/aromatic N) is 3. The van der Waals surface area contributed by atoms with Gasteiger partial charge in [0.15, 0.2) is 0 Å². The van der Waals surface area contributed by atoms with Gasteiger partial charge in [-0.2, -0.15) is 0 Å². The Hall–Kier alpha value is -1.70. The molecule has 1 aromatic carbocycles. The first-order valence-corrected chi connectivity index (χ1v) is 10.7. The summed E-state index contributed by atoms with van der Waals surface area (Å²) in [4.78, 5) is 0. The first-order valence-electron chi connectivity index (χ1n) is 10.7. The maximum absolute atomic E-state index is 6.27. The first-order chi connectivity index (χ1) is 13.8. The predicted molar refractivity (Wildman–Crippen MR) is 115 cm³/mol. The Morgan fingerprint density at radius 3 is 2.48 bits per heavy atom. The Labute approximate surface area is 175 Å². The Balaban J connectivity index is 1.84. The zero-order chi connectivity index (χ0) is 21.1. The average Bonchev–Trinajstić information content (AvgIpc) is 3.19. The topological polar surface area (TPSA) is 58.4 Å². The van der Waals surface area contributed by atoms with Gasteiger partial charge in [0.05, 0.1) is 36.2 Å². The van der Waals surface area contributed by atoms with Gasteiger partial charge in [-0.1, -0.05) is 36.8 Å². The minimum absolute atomic E-state index is 0.367. The van der Waals surface area contributed by atoms with Crippen molar-refractivity contribution in [3.05, 3.63) is 41.2 Å². The molecule has 158 valence electrons. The van der Waals surface area contributed by atoms with E-state index in [4.69, 9.17) is 14.0 Å². The monoisotopic (exact) mass is 399 g/mol. The molecule has 29 heavy (non-hydrogen) atoms. The highest BCUT2D eigenvalue weighted by molar-refractivity contribution is 6.62. The zero-order valence-electron chi connectivity index (χ0n) is 18.7. The Morgan fingerprint density at radius 1 is 1.10 bits per heavy atom. The Bertz CT molecular complexity index is 803. The number of aromatic nitrogens is 3. The highest BCUT2D eigenvalue weighted by Crippen LogP contribution is 2.36. The molecule has 0 bridgehead atoms. The lowest BCUT2D eigenvalue weighted by Gasteiger charge is -2.32. The molecule has 1 aromatic heterocycles. The largest absolute Gasteiger partial charge is 0.495 e. The van der Waals surface area contributed by atoms with Gasteiger partial charge in [0.1, 0.15) is 0 Å². The van der Waals surface area contributed by atoms with Crippen molar-refractivity contribution in [1.29, 1.82) is 0 Å². The maximum Gasteiger partial charge on any atom is 0.495 e. The summed E-state index contributed by atoms with van der Waals surface area (Å²) in [7, 11) is -0.393. The minimum atomic E-state index is -0.393. The molecule has 1 fully saturated rings. The molecule has 0 amide bonds. The van der Waals surface area contributed by atoms with Crippen LogP contribution in [0.2, 0.25) is 0 Å². The second-order valence-electron chi connectivity index (χ2n) is 8.75. The molecule has 0 N–H and O–H groups in total. The van der Waals surface area contributed by atoms with Crippen LogP contribution in [-0.4, -0.2) is 39.9 Å². The van der Waals surface area contributed by atoms with E-state index >= 15 is 0 Å². The summed E-state index contributed by atoms with van der Waals surface area (Å²) in [5.74, 6) is 0. The number of ether oxygens (including phenoxy) is 1. The summed E-state index contributed by atoms with van der Waals surface area (Å²) < 4.78 is 20.3. The molecule has 7 heteroatoms. The maximum atomic E-state index is 6.27. The highest BCUT2D eigenvalue weighted by atomic mass is 16.7. The van der Waals surface area contributed by atoms with Gasteiger partial charge < -0.3 is 14.0 Å². The molecule has 0 aliphatic carbocycles. The van der Waals surface area contributed by atoms with Crippen LogP contribution in [0.15, 0.2) is 24.4 Å². The van der Waals surface area contributed by atoms with Gasteiger partial charge in [-0.05, 0) is 64.1 Å². The molecule has 1 saturated heterocycles. The molecule has 0 unspecified atom stereocenters. The number of hydrogen-bond donors (Lipinski definition) is 0. The zero-order valence-corrected chi connectivity index (χ0v) is 18.7. The molecule has 1 aliphatic rings. The molecule has 2 aromatic rings. The van der Waals surface area contributed by atoms with Gasteiger partial charge in [-0.3, -0.25) is 0 Å². The Morgan fingerprint density at radius 2 is 1.83 bits per heavy atom. The fourth-order valence-electron chi connectivity index (χ4n) is 3.43. The highest BCUT2D eigenvalue weighted by Gasteiger charge is 2.52. The van der Waals surface area contributed by atoms with Crippen LogP contribution >= 0.6 is 0 Å². The Kier molecular flexibility index (Phi) is 6.81. The lowest BCUT2D eigenvalue weighted by atomic mass is 9.75. The summed E-state index contributed by atoms with van der Waals surface area (Å²) in [6.45, 7) is 14.4. The van der Waals surface area contributed by atoms with Crippen molar-refractivity contribution in [2.24, 2.45) is 0 Å². The molecule has 3 rings (SSSR count). The normalized spacial score (nSPS) is 17.8. The molecule has 1 aliphatic heterocycles. The van der Waals surface area contributed by atoms with Crippen LogP contribution in [0.1, 0.15) is 71.2 Å². The molecule has 0 spiro atoms. The number of aryl methyl sites for hydroxylation is 1. The number of unbranched alkanes of at least 4 members (excludes halogenated alkanes) is 1. The van der Waals surface area contributed by atoms with Gasteiger partial charge in [0, 0.05) is 6.61 Å². The fourth-order valence-corrected chi connectivity index (χ4v) is 3.43. The van der Waals surface area contributed by atoms with Crippen LogP contribution in [-0.2, 0) is 33.6 Å². The van der Waals surface area contributed by atoms with Gasteiger partial charge in [0.2, 0.25) is 0 Å². The van der Waals surface area contributed by atoms with Crippen molar-refractivity contribution in [3.63, 3.8) is 0 Å². The lowest BCUT2D eigenvalue weighted by Crippen LogP contribution is -2.41. The average molecular weight is 399 g/mol. The molecule has 0 saturated carbocycles. The van der Waals surface area contributed by atoms with Crippen LogP contribution in [0.4, 0.5) is 0 Å². The third-order valence-corrected chi connectivity index (χ3v) is 5.99. The number of benzene rings is 1. The second kappa shape index (κ2) is 8.98. The molecular formula is C22H34BN3O3. The van der Waals surface area contributed by atoms with Crippen LogP contribution in [0.5, 0.6) is 0 Å². The van der Waals surface area contributed by atoms with Crippen molar-refractivity contribution in [1.82, 2.24) is 15.0 Å². The third-order valence-electron chi connectivity index (χ3n) is 5.99. The van der Waals surface area contributed by atoms with Gasteiger partial charge in [0.25, 0.3) is 0 Å². The van der Waals surface area contributed by atoms with E-state index in [-0.39, 0.29) is 11.2 Å². The van der Waals surface area contributed by atoms with E-state index in [2.05, 4.69) is 63.1 Å². The summed E-state index contributed by atoms with van der Waals surface area (Å²) >= 11 is 0. The summed E-state index contributed by atoms with van der Waals surface area (Å²) in [5.41, 5.74) is 3.74. The molecule has 0 atom stereocenters. The quantitative estimate of drug-likeness (QED) is 0.604. The van der Waals surface area contributed by atoms with Gasteiger partial charge in [-0.25, -0.2) is 4.68 Å². The van der Waals surface area contributed by atoms with E-state index in [1.165, 1.54) is 11.3 Å². The minimum Gasteiger partial charge on any atom is -0.399 e. The van der Waals surface area contributed by atoms with Crippen molar-refractivity contribution < 1.29 is 14.0 Å². The van der Waals surface area contributed by atoms with Crippen LogP contribution in [0, 0.1) is 0 Å². The fraction of sp³-hybridized carbons (Fsp3) is 0.636. The van der Waals surface area contributed by atoms with Gasteiger partial charge >= 0.3 is 7.12 Å². The molecule has 0 radical (unpaired) electrons. The molecule has 6 nitrogen and oxygen atoms in total.